The molecule has 0 aliphatic heterocycles. The number of nitro benzene ring substituents is 1. The van der Waals surface area contributed by atoms with E-state index in [1.807, 2.05) is 23.0 Å². The summed E-state index contributed by atoms with van der Waals surface area (Å²) in [6.07, 6.45) is 3.99. The van der Waals surface area contributed by atoms with E-state index in [1.54, 1.807) is 12.1 Å². The van der Waals surface area contributed by atoms with Gasteiger partial charge in [0.15, 0.2) is 0 Å². The van der Waals surface area contributed by atoms with Gasteiger partial charge < -0.3 is 9.88 Å². The lowest BCUT2D eigenvalue weighted by Crippen LogP contribution is -2.02. The third kappa shape index (κ3) is 3.26. The first-order valence-corrected chi connectivity index (χ1v) is 6.30. The Morgan fingerprint density at radius 2 is 2.21 bits per heavy atom. The summed E-state index contributed by atoms with van der Waals surface area (Å²) in [4.78, 5) is 10.5. The van der Waals surface area contributed by atoms with Crippen LogP contribution in [0, 0.1) is 10.1 Å². The number of hydrogen-bond acceptors (Lipinski definition) is 3. The molecule has 2 aromatic rings. The first-order chi connectivity index (χ1) is 9.10. The van der Waals surface area contributed by atoms with Crippen molar-refractivity contribution in [1.29, 1.82) is 0 Å². The molecule has 2 rings (SSSR count). The summed E-state index contributed by atoms with van der Waals surface area (Å²) >= 11 is 5.76. The van der Waals surface area contributed by atoms with E-state index in [0.29, 0.717) is 17.3 Å². The number of benzene rings is 1. The van der Waals surface area contributed by atoms with Gasteiger partial charge in [-0.3, -0.25) is 10.1 Å². The summed E-state index contributed by atoms with van der Waals surface area (Å²) in [7, 11) is 0. The van der Waals surface area contributed by atoms with Crippen LogP contribution in [0.3, 0.4) is 0 Å². The Balaban J connectivity index is 2.12. The fraction of sp³-hybridized carbons (Fsp3) is 0.231. The molecule has 19 heavy (non-hydrogen) atoms. The number of nitrogens with one attached hydrogen (secondary N) is 1. The van der Waals surface area contributed by atoms with E-state index in [-0.39, 0.29) is 5.69 Å². The second kappa shape index (κ2) is 5.75. The normalized spacial score (nSPS) is 10.4. The molecule has 0 aliphatic carbocycles. The maximum absolute atomic E-state index is 10.9. The minimum absolute atomic E-state index is 0.0116. The van der Waals surface area contributed by atoms with Crippen LogP contribution in [-0.2, 0) is 13.1 Å². The first-order valence-electron chi connectivity index (χ1n) is 5.92. The Labute approximate surface area is 116 Å². The monoisotopic (exact) mass is 279 g/mol. The number of rotatable bonds is 5. The van der Waals surface area contributed by atoms with Crippen molar-refractivity contribution in [3.05, 3.63) is 57.4 Å². The minimum Gasteiger partial charge on any atom is -0.375 e. The van der Waals surface area contributed by atoms with Crippen LogP contribution in [0.15, 0.2) is 36.7 Å². The molecule has 1 aromatic heterocycles. The topological polar surface area (TPSA) is 60.1 Å². The molecule has 0 fully saturated rings. The predicted octanol–water partition coefficient (Wildman–Crippen LogP) is 3.68. The quantitative estimate of drug-likeness (QED) is 0.671. The number of halogens is 1. The van der Waals surface area contributed by atoms with Crippen molar-refractivity contribution in [1.82, 2.24) is 4.57 Å². The van der Waals surface area contributed by atoms with E-state index < -0.39 is 4.92 Å². The fourth-order valence-electron chi connectivity index (χ4n) is 1.79. The summed E-state index contributed by atoms with van der Waals surface area (Å²) in [5.74, 6) is 0. The van der Waals surface area contributed by atoms with E-state index in [4.69, 9.17) is 11.6 Å². The molecule has 0 amide bonds. The van der Waals surface area contributed by atoms with Crippen LogP contribution in [-0.4, -0.2) is 9.49 Å². The van der Waals surface area contributed by atoms with Crippen molar-refractivity contribution in [2.45, 2.75) is 20.0 Å². The van der Waals surface area contributed by atoms with Crippen molar-refractivity contribution < 1.29 is 4.92 Å². The van der Waals surface area contributed by atoms with Gasteiger partial charge in [0.2, 0.25) is 0 Å². The highest BCUT2D eigenvalue weighted by atomic mass is 35.5. The summed E-state index contributed by atoms with van der Waals surface area (Å²) < 4.78 is 2.05. The maximum Gasteiger partial charge on any atom is 0.293 e. The maximum atomic E-state index is 10.9. The average molecular weight is 280 g/mol. The molecule has 100 valence electrons. The smallest absolute Gasteiger partial charge is 0.293 e. The van der Waals surface area contributed by atoms with Crippen molar-refractivity contribution in [2.75, 3.05) is 5.32 Å². The molecule has 5 nitrogen and oxygen atoms in total. The van der Waals surface area contributed by atoms with E-state index in [0.717, 1.165) is 12.1 Å². The lowest BCUT2D eigenvalue weighted by molar-refractivity contribution is -0.383. The van der Waals surface area contributed by atoms with Crippen LogP contribution in [0.5, 0.6) is 0 Å². The SMILES string of the molecule is CCn1ccc(CNc2ccc(Cl)cc2[N+](=O)[O-])c1. The van der Waals surface area contributed by atoms with Gasteiger partial charge in [0.25, 0.3) is 5.69 Å². The Hall–Kier alpha value is -2.01. The minimum atomic E-state index is -0.439. The Kier molecular flexibility index (Phi) is 4.06. The van der Waals surface area contributed by atoms with E-state index in [2.05, 4.69) is 12.2 Å². The number of aryl methyl sites for hydroxylation is 1. The molecule has 6 heteroatoms. The van der Waals surface area contributed by atoms with Gasteiger partial charge in [-0.1, -0.05) is 11.6 Å². The molecule has 0 unspecified atom stereocenters. The highest BCUT2D eigenvalue weighted by Crippen LogP contribution is 2.28. The molecule has 0 atom stereocenters. The number of hydrogen-bond donors (Lipinski definition) is 1. The van der Waals surface area contributed by atoms with Crippen molar-refractivity contribution >= 4 is 23.0 Å². The Bertz CT molecular complexity index is 595. The zero-order valence-electron chi connectivity index (χ0n) is 10.5. The van der Waals surface area contributed by atoms with Gasteiger partial charge in [-0.25, -0.2) is 0 Å². The molecule has 0 aliphatic rings. The Morgan fingerprint density at radius 3 is 2.84 bits per heavy atom. The number of aromatic nitrogens is 1. The molecule has 1 aromatic carbocycles. The third-order valence-corrected chi connectivity index (χ3v) is 3.05. The van der Waals surface area contributed by atoms with Crippen molar-refractivity contribution in [2.24, 2.45) is 0 Å². The van der Waals surface area contributed by atoms with Crippen LogP contribution in [0.1, 0.15) is 12.5 Å². The zero-order valence-corrected chi connectivity index (χ0v) is 11.2. The van der Waals surface area contributed by atoms with Gasteiger partial charge in [-0.15, -0.1) is 0 Å². The standard InChI is InChI=1S/C13H14ClN3O2/c1-2-16-6-5-10(9-16)8-15-12-4-3-11(14)7-13(12)17(18)19/h3-7,9,15H,2,8H2,1H3. The lowest BCUT2D eigenvalue weighted by atomic mass is 10.2. The van der Waals surface area contributed by atoms with Gasteiger partial charge in [-0.05, 0) is 30.7 Å². The fourth-order valence-corrected chi connectivity index (χ4v) is 1.96. The van der Waals surface area contributed by atoms with E-state index in [1.165, 1.54) is 6.07 Å². The molecule has 1 N–H and O–H groups in total. The van der Waals surface area contributed by atoms with Crippen molar-refractivity contribution in [3.8, 4) is 0 Å². The van der Waals surface area contributed by atoms with Gasteiger partial charge in [0.1, 0.15) is 5.69 Å². The predicted molar refractivity (Wildman–Crippen MR) is 75.5 cm³/mol. The van der Waals surface area contributed by atoms with Gasteiger partial charge in [0, 0.05) is 36.6 Å². The van der Waals surface area contributed by atoms with E-state index in [9.17, 15) is 10.1 Å². The average Bonchev–Trinajstić information content (AvgIpc) is 2.85. The highest BCUT2D eigenvalue weighted by Gasteiger charge is 2.13. The van der Waals surface area contributed by atoms with Crippen LogP contribution in [0.2, 0.25) is 5.02 Å². The highest BCUT2D eigenvalue weighted by molar-refractivity contribution is 6.30. The van der Waals surface area contributed by atoms with E-state index >= 15 is 0 Å². The Morgan fingerprint density at radius 1 is 1.42 bits per heavy atom. The zero-order chi connectivity index (χ0) is 13.8. The summed E-state index contributed by atoms with van der Waals surface area (Å²) in [6.45, 7) is 3.50. The molecule has 1 heterocycles. The van der Waals surface area contributed by atoms with Gasteiger partial charge in [-0.2, -0.15) is 0 Å². The van der Waals surface area contributed by atoms with Crippen LogP contribution < -0.4 is 5.32 Å². The molecule has 0 bridgehead atoms. The number of nitro groups is 1. The number of anilines is 1. The summed E-state index contributed by atoms with van der Waals surface area (Å²) in [6, 6.07) is 6.59. The van der Waals surface area contributed by atoms with Crippen LogP contribution in [0.4, 0.5) is 11.4 Å². The molecular weight excluding hydrogens is 266 g/mol. The first kappa shape index (κ1) is 13.4. The molecule has 0 saturated carbocycles. The van der Waals surface area contributed by atoms with Gasteiger partial charge >= 0.3 is 0 Å². The van der Waals surface area contributed by atoms with Crippen LogP contribution >= 0.6 is 11.6 Å². The lowest BCUT2D eigenvalue weighted by Gasteiger charge is -2.06. The molecule has 0 spiro atoms. The van der Waals surface area contributed by atoms with Crippen molar-refractivity contribution in [3.63, 3.8) is 0 Å². The largest absolute Gasteiger partial charge is 0.375 e. The van der Waals surface area contributed by atoms with Crippen LogP contribution in [0.25, 0.3) is 0 Å². The van der Waals surface area contributed by atoms with Gasteiger partial charge in [0.05, 0.1) is 4.92 Å². The second-order valence-corrected chi connectivity index (χ2v) is 4.56. The molecule has 0 saturated heterocycles. The third-order valence-electron chi connectivity index (χ3n) is 2.82. The second-order valence-electron chi connectivity index (χ2n) is 4.12. The number of nitrogens with zero attached hydrogens (tertiary/aromatic N) is 2. The summed E-state index contributed by atoms with van der Waals surface area (Å²) in [5, 5.41) is 14.4. The summed E-state index contributed by atoms with van der Waals surface area (Å²) in [5.41, 5.74) is 1.53. The molecular formula is C13H14ClN3O2. The molecule has 0 radical (unpaired) electrons.